The Balaban J connectivity index is 1.44. The molecule has 9 heteroatoms. The van der Waals surface area contributed by atoms with Crippen molar-refractivity contribution in [2.24, 2.45) is 0 Å². The molecule has 0 bridgehead atoms. The maximum Gasteiger partial charge on any atom is 0.407 e. The molecule has 0 fully saturated rings. The van der Waals surface area contributed by atoms with Gasteiger partial charge in [0, 0.05) is 5.92 Å². The first-order valence-electron chi connectivity index (χ1n) is 10.4. The molecule has 1 unspecified atom stereocenters. The number of anilines is 1. The van der Waals surface area contributed by atoms with Crippen molar-refractivity contribution in [1.82, 2.24) is 5.32 Å². The molecule has 174 valence electrons. The fourth-order valence-corrected chi connectivity index (χ4v) is 4.16. The van der Waals surface area contributed by atoms with E-state index in [1.807, 2.05) is 48.5 Å². The molecule has 0 heterocycles. The number of carboxylic acids is 1. The van der Waals surface area contributed by atoms with Crippen LogP contribution >= 0.6 is 11.6 Å². The van der Waals surface area contributed by atoms with E-state index in [-0.39, 0.29) is 23.2 Å². The highest BCUT2D eigenvalue weighted by Gasteiger charge is 2.30. The normalized spacial score (nSPS) is 12.9. The number of rotatable bonds is 7. The third-order valence-electron chi connectivity index (χ3n) is 5.54. The second kappa shape index (κ2) is 9.93. The van der Waals surface area contributed by atoms with Crippen LogP contribution in [0.25, 0.3) is 11.1 Å². The molecule has 0 spiro atoms. The van der Waals surface area contributed by atoms with E-state index in [0.29, 0.717) is 0 Å². The summed E-state index contributed by atoms with van der Waals surface area (Å²) in [5, 5.41) is 13.5. The van der Waals surface area contributed by atoms with Gasteiger partial charge in [0.25, 0.3) is 0 Å². The zero-order valence-electron chi connectivity index (χ0n) is 17.8. The highest BCUT2D eigenvalue weighted by Crippen LogP contribution is 2.44. The number of fused-ring (bicyclic) bond motifs is 3. The van der Waals surface area contributed by atoms with Gasteiger partial charge in [0.1, 0.15) is 18.5 Å². The number of ether oxygens (including phenoxy) is 1. The minimum absolute atomic E-state index is 0.00298. The number of carbonyl (C=O) groups excluding carboxylic acids is 2. The van der Waals surface area contributed by atoms with Gasteiger partial charge in [-0.2, -0.15) is 0 Å². The van der Waals surface area contributed by atoms with E-state index in [9.17, 15) is 23.9 Å². The minimum Gasteiger partial charge on any atom is -0.481 e. The van der Waals surface area contributed by atoms with Crippen LogP contribution in [0.4, 0.5) is 14.9 Å². The maximum absolute atomic E-state index is 13.6. The van der Waals surface area contributed by atoms with Gasteiger partial charge in [-0.15, -0.1) is 0 Å². The molecule has 7 nitrogen and oxygen atoms in total. The first-order chi connectivity index (χ1) is 16.3. The van der Waals surface area contributed by atoms with Crippen LogP contribution in [0.5, 0.6) is 0 Å². The molecular weight excluding hydrogens is 463 g/mol. The molecule has 3 aromatic rings. The molecule has 3 N–H and O–H groups in total. The van der Waals surface area contributed by atoms with Crippen molar-refractivity contribution in [1.29, 1.82) is 0 Å². The quantitative estimate of drug-likeness (QED) is 0.448. The lowest BCUT2D eigenvalue weighted by molar-refractivity contribution is -0.139. The summed E-state index contributed by atoms with van der Waals surface area (Å²) in [6, 6.07) is 17.9. The number of carbonyl (C=O) groups is 3. The topological polar surface area (TPSA) is 105 Å². The van der Waals surface area contributed by atoms with Crippen LogP contribution in [0.15, 0.2) is 66.7 Å². The second-order valence-corrected chi connectivity index (χ2v) is 8.09. The molecule has 0 aliphatic heterocycles. The van der Waals surface area contributed by atoms with Crippen molar-refractivity contribution in [3.63, 3.8) is 0 Å². The Morgan fingerprint density at radius 1 is 0.971 bits per heavy atom. The number of aliphatic carboxylic acids is 1. The molecule has 3 aromatic carbocycles. The van der Waals surface area contributed by atoms with Crippen LogP contribution < -0.4 is 10.6 Å². The molecule has 1 aliphatic carbocycles. The van der Waals surface area contributed by atoms with Crippen LogP contribution in [-0.4, -0.2) is 35.7 Å². The fraction of sp³-hybridized carbons (Fsp3) is 0.160. The highest BCUT2D eigenvalue weighted by atomic mass is 35.5. The van der Waals surface area contributed by atoms with Gasteiger partial charge in [0.15, 0.2) is 0 Å². The Morgan fingerprint density at radius 2 is 1.59 bits per heavy atom. The molecule has 0 saturated carbocycles. The van der Waals surface area contributed by atoms with E-state index in [4.69, 9.17) is 16.3 Å². The monoisotopic (exact) mass is 482 g/mol. The van der Waals surface area contributed by atoms with Crippen LogP contribution in [0, 0.1) is 5.82 Å². The molecule has 4 rings (SSSR count). The average Bonchev–Trinajstić information content (AvgIpc) is 3.14. The van der Waals surface area contributed by atoms with Crippen molar-refractivity contribution in [3.8, 4) is 11.1 Å². The zero-order valence-corrected chi connectivity index (χ0v) is 18.5. The lowest BCUT2D eigenvalue weighted by Crippen LogP contribution is -2.45. The van der Waals surface area contributed by atoms with Crippen molar-refractivity contribution >= 4 is 35.3 Å². The summed E-state index contributed by atoms with van der Waals surface area (Å²) in [4.78, 5) is 36.4. The molecular formula is C25H20ClFN2O5. The van der Waals surface area contributed by atoms with E-state index in [2.05, 4.69) is 10.6 Å². The van der Waals surface area contributed by atoms with E-state index in [1.165, 1.54) is 12.1 Å². The van der Waals surface area contributed by atoms with Crippen LogP contribution in [0.1, 0.15) is 23.5 Å². The Bertz CT molecular complexity index is 1220. The van der Waals surface area contributed by atoms with Crippen molar-refractivity contribution in [2.45, 2.75) is 18.4 Å². The summed E-state index contributed by atoms with van der Waals surface area (Å²) in [5.41, 5.74) is 4.09. The fourth-order valence-electron chi connectivity index (χ4n) is 3.99. The Hall–Kier alpha value is -3.91. The molecule has 34 heavy (non-hydrogen) atoms. The summed E-state index contributed by atoms with van der Waals surface area (Å²) in [6.07, 6.45) is -1.66. The molecule has 1 aliphatic rings. The predicted octanol–water partition coefficient (Wildman–Crippen LogP) is 4.80. The van der Waals surface area contributed by atoms with E-state index in [0.717, 1.165) is 28.3 Å². The number of alkyl carbamates (subject to hydrolysis) is 1. The smallest absolute Gasteiger partial charge is 0.407 e. The van der Waals surface area contributed by atoms with Crippen LogP contribution in [0.2, 0.25) is 5.02 Å². The molecule has 1 atom stereocenters. The summed E-state index contributed by atoms with van der Waals surface area (Å²) in [6.45, 7) is -0.00298. The van der Waals surface area contributed by atoms with Gasteiger partial charge in [-0.05, 0) is 34.4 Å². The van der Waals surface area contributed by atoms with Crippen molar-refractivity contribution in [3.05, 3.63) is 88.7 Å². The number of halogens is 2. The molecule has 2 amide bonds. The number of nitrogens with one attached hydrogen (secondary N) is 2. The number of benzene rings is 3. The van der Waals surface area contributed by atoms with Crippen LogP contribution in [0.3, 0.4) is 0 Å². The number of carboxylic acid groups (broad SMARTS) is 1. The van der Waals surface area contributed by atoms with E-state index < -0.39 is 36.2 Å². The Labute approximate surface area is 199 Å². The van der Waals surface area contributed by atoms with Gasteiger partial charge < -0.3 is 20.5 Å². The van der Waals surface area contributed by atoms with Gasteiger partial charge in [-0.3, -0.25) is 9.59 Å². The molecule has 0 aromatic heterocycles. The second-order valence-electron chi connectivity index (χ2n) is 7.71. The van der Waals surface area contributed by atoms with Gasteiger partial charge >= 0.3 is 12.1 Å². The number of amides is 2. The lowest BCUT2D eigenvalue weighted by Gasteiger charge is -2.19. The van der Waals surface area contributed by atoms with Crippen LogP contribution in [-0.2, 0) is 14.3 Å². The lowest BCUT2D eigenvalue weighted by atomic mass is 9.98. The van der Waals surface area contributed by atoms with Gasteiger partial charge in [0.05, 0.1) is 17.1 Å². The third kappa shape index (κ3) is 4.87. The predicted molar refractivity (Wildman–Crippen MR) is 124 cm³/mol. The SMILES string of the molecule is O=C(O)CC(NC(=O)OCC1c2ccccc2-c2ccccc21)C(=O)Nc1cccc(F)c1Cl. The number of hydrogen-bond donors (Lipinski definition) is 3. The largest absolute Gasteiger partial charge is 0.481 e. The third-order valence-corrected chi connectivity index (χ3v) is 5.92. The summed E-state index contributed by atoms with van der Waals surface area (Å²) in [5.74, 6) is -3.14. The number of hydrogen-bond acceptors (Lipinski definition) is 4. The Kier molecular flexibility index (Phi) is 6.79. The minimum atomic E-state index is -1.47. The maximum atomic E-state index is 13.6. The highest BCUT2D eigenvalue weighted by molar-refractivity contribution is 6.33. The van der Waals surface area contributed by atoms with Gasteiger partial charge in [-0.1, -0.05) is 66.2 Å². The molecule has 0 radical (unpaired) electrons. The van der Waals surface area contributed by atoms with Gasteiger partial charge in [-0.25, -0.2) is 9.18 Å². The van der Waals surface area contributed by atoms with Crippen molar-refractivity contribution < 1.29 is 28.6 Å². The first-order valence-corrected chi connectivity index (χ1v) is 10.8. The Morgan fingerprint density at radius 3 is 2.21 bits per heavy atom. The van der Waals surface area contributed by atoms with Gasteiger partial charge in [0.2, 0.25) is 5.91 Å². The molecule has 0 saturated heterocycles. The summed E-state index contributed by atoms with van der Waals surface area (Å²) >= 11 is 5.84. The average molecular weight is 483 g/mol. The summed E-state index contributed by atoms with van der Waals surface area (Å²) < 4.78 is 19.0. The standard InChI is InChI=1S/C25H20ClFN2O5/c26-23-19(27)10-5-11-20(23)28-24(32)21(12-22(30)31)29-25(33)34-13-18-16-8-3-1-6-14(16)15-7-2-4-9-17(15)18/h1-11,18,21H,12-13H2,(H,28,32)(H,29,33)(H,30,31). The zero-order chi connectivity index (χ0) is 24.2. The first kappa shape index (κ1) is 23.3. The van der Waals surface area contributed by atoms with E-state index >= 15 is 0 Å². The van der Waals surface area contributed by atoms with E-state index in [1.54, 1.807) is 0 Å². The summed E-state index contributed by atoms with van der Waals surface area (Å²) in [7, 11) is 0. The van der Waals surface area contributed by atoms with Crippen molar-refractivity contribution in [2.75, 3.05) is 11.9 Å².